The minimum Gasteiger partial charge on any atom is -0.328 e. The van der Waals surface area contributed by atoms with Gasteiger partial charge in [-0.2, -0.15) is 0 Å². The standard InChI is InChI=1S/C16H23N5/c1-14-6-5-10-20(12-14)13-16-17-18-19-21(16)11-9-15-7-3-2-4-8-15/h2-4,7-8,14H,5-6,9-13H2,1H3/p+1/t14-/m0/s1. The van der Waals surface area contributed by atoms with E-state index in [0.717, 1.165) is 31.3 Å². The number of nitrogens with one attached hydrogen (secondary N) is 1. The molecule has 0 amide bonds. The Balaban J connectivity index is 1.58. The second-order valence-electron chi connectivity index (χ2n) is 6.18. The van der Waals surface area contributed by atoms with Gasteiger partial charge in [0.05, 0.1) is 13.1 Å². The largest absolute Gasteiger partial charge is 0.328 e. The molecule has 1 aliphatic heterocycles. The maximum absolute atomic E-state index is 4.23. The summed E-state index contributed by atoms with van der Waals surface area (Å²) in [7, 11) is 0. The highest BCUT2D eigenvalue weighted by molar-refractivity contribution is 5.14. The first-order valence-corrected chi connectivity index (χ1v) is 7.94. The lowest BCUT2D eigenvalue weighted by molar-refractivity contribution is -0.922. The summed E-state index contributed by atoms with van der Waals surface area (Å²) < 4.78 is 1.97. The molecule has 3 rings (SSSR count). The summed E-state index contributed by atoms with van der Waals surface area (Å²) in [5.74, 6) is 1.84. The fraction of sp³-hybridized carbons (Fsp3) is 0.562. The molecule has 2 aromatic rings. The van der Waals surface area contributed by atoms with Crippen LogP contribution in [0.4, 0.5) is 0 Å². The molecule has 5 nitrogen and oxygen atoms in total. The van der Waals surface area contributed by atoms with Gasteiger partial charge >= 0.3 is 0 Å². The van der Waals surface area contributed by atoms with E-state index in [4.69, 9.17) is 0 Å². The van der Waals surface area contributed by atoms with Crippen molar-refractivity contribution in [3.05, 3.63) is 41.7 Å². The van der Waals surface area contributed by atoms with Gasteiger partial charge < -0.3 is 4.90 Å². The monoisotopic (exact) mass is 286 g/mol. The summed E-state index contributed by atoms with van der Waals surface area (Å²) in [5.41, 5.74) is 1.33. The van der Waals surface area contributed by atoms with E-state index in [0.29, 0.717) is 0 Å². The SMILES string of the molecule is C[C@H]1CCC[NH+](Cc2nnnn2CCc2ccccc2)C1. The molecule has 1 fully saturated rings. The van der Waals surface area contributed by atoms with Crippen molar-refractivity contribution in [3.8, 4) is 0 Å². The van der Waals surface area contributed by atoms with Gasteiger partial charge in [-0.05, 0) is 35.3 Å². The molecule has 1 N–H and O–H groups in total. The molecule has 21 heavy (non-hydrogen) atoms. The molecule has 1 aromatic heterocycles. The predicted octanol–water partition coefficient (Wildman–Crippen LogP) is 0.731. The fourth-order valence-electron chi connectivity index (χ4n) is 3.18. The van der Waals surface area contributed by atoms with Crippen molar-refractivity contribution in [1.82, 2.24) is 20.2 Å². The Bertz CT molecular complexity index is 551. The molecule has 0 bridgehead atoms. The van der Waals surface area contributed by atoms with Crippen LogP contribution in [0.2, 0.25) is 0 Å². The second-order valence-corrected chi connectivity index (χ2v) is 6.18. The highest BCUT2D eigenvalue weighted by Gasteiger charge is 2.22. The summed E-state index contributed by atoms with van der Waals surface area (Å²) in [6.07, 6.45) is 3.66. The number of rotatable bonds is 5. The predicted molar refractivity (Wildman–Crippen MR) is 80.8 cm³/mol. The molecule has 0 radical (unpaired) electrons. The van der Waals surface area contributed by atoms with Crippen LogP contribution in [-0.2, 0) is 19.5 Å². The first kappa shape index (κ1) is 14.2. The summed E-state index contributed by atoms with van der Waals surface area (Å²) in [4.78, 5) is 1.62. The summed E-state index contributed by atoms with van der Waals surface area (Å²) in [6, 6.07) is 10.5. The summed E-state index contributed by atoms with van der Waals surface area (Å²) >= 11 is 0. The molecule has 5 heteroatoms. The van der Waals surface area contributed by atoms with Gasteiger partial charge in [0.2, 0.25) is 5.82 Å². The lowest BCUT2D eigenvalue weighted by Crippen LogP contribution is -3.12. The van der Waals surface area contributed by atoms with Crippen molar-refractivity contribution in [2.24, 2.45) is 5.92 Å². The second kappa shape index (κ2) is 6.80. The van der Waals surface area contributed by atoms with Crippen LogP contribution in [0.25, 0.3) is 0 Å². The van der Waals surface area contributed by atoms with Gasteiger partial charge in [0, 0.05) is 12.5 Å². The minimum atomic E-state index is 0.822. The van der Waals surface area contributed by atoms with E-state index in [1.54, 1.807) is 4.90 Å². The van der Waals surface area contributed by atoms with Gasteiger partial charge in [-0.25, -0.2) is 4.68 Å². The van der Waals surface area contributed by atoms with Gasteiger partial charge in [0.15, 0.2) is 0 Å². The Kier molecular flexibility index (Phi) is 4.60. The van der Waals surface area contributed by atoms with Gasteiger partial charge in [-0.1, -0.05) is 37.3 Å². The number of quaternary nitrogens is 1. The van der Waals surface area contributed by atoms with E-state index in [1.165, 1.54) is 31.5 Å². The molecular weight excluding hydrogens is 262 g/mol. The van der Waals surface area contributed by atoms with Crippen LogP contribution >= 0.6 is 0 Å². The quantitative estimate of drug-likeness (QED) is 0.881. The van der Waals surface area contributed by atoms with Crippen LogP contribution in [-0.4, -0.2) is 33.3 Å². The zero-order valence-electron chi connectivity index (χ0n) is 12.7. The molecule has 0 aliphatic carbocycles. The van der Waals surface area contributed by atoms with Crippen LogP contribution in [0.3, 0.4) is 0 Å². The van der Waals surface area contributed by atoms with E-state index in [1.807, 2.05) is 10.7 Å². The molecule has 0 saturated carbocycles. The molecule has 1 aromatic carbocycles. The number of aryl methyl sites for hydroxylation is 2. The molecule has 112 valence electrons. The van der Waals surface area contributed by atoms with Crippen molar-refractivity contribution < 1.29 is 4.90 Å². The topological polar surface area (TPSA) is 48.0 Å². The first-order valence-electron chi connectivity index (χ1n) is 7.94. The molecule has 1 aliphatic rings. The van der Waals surface area contributed by atoms with Crippen LogP contribution in [0.1, 0.15) is 31.2 Å². The van der Waals surface area contributed by atoms with Crippen molar-refractivity contribution in [2.75, 3.05) is 13.1 Å². The third-order valence-electron chi connectivity index (χ3n) is 4.33. The van der Waals surface area contributed by atoms with Gasteiger partial charge in [-0.15, -0.1) is 5.10 Å². The van der Waals surface area contributed by atoms with Crippen molar-refractivity contribution >= 4 is 0 Å². The molecular formula is C16H24N5+. The van der Waals surface area contributed by atoms with Gasteiger partial charge in [0.1, 0.15) is 6.54 Å². The van der Waals surface area contributed by atoms with Crippen molar-refractivity contribution in [1.29, 1.82) is 0 Å². The number of piperidine rings is 1. The Morgan fingerprint density at radius 3 is 2.95 bits per heavy atom. The normalized spacial score (nSPS) is 22.3. The smallest absolute Gasteiger partial charge is 0.206 e. The number of nitrogens with zero attached hydrogens (tertiary/aromatic N) is 4. The molecule has 0 spiro atoms. The Hall–Kier alpha value is -1.75. The lowest BCUT2D eigenvalue weighted by atomic mass is 10.0. The number of aromatic nitrogens is 4. The maximum Gasteiger partial charge on any atom is 0.206 e. The third-order valence-corrected chi connectivity index (χ3v) is 4.33. The molecule has 2 atom stereocenters. The summed E-state index contributed by atoms with van der Waals surface area (Å²) in [5, 5.41) is 12.3. The Labute approximate surface area is 126 Å². The third kappa shape index (κ3) is 3.88. The highest BCUT2D eigenvalue weighted by Crippen LogP contribution is 2.06. The van der Waals surface area contributed by atoms with Crippen LogP contribution in [0.15, 0.2) is 30.3 Å². The zero-order valence-corrected chi connectivity index (χ0v) is 12.7. The van der Waals surface area contributed by atoms with Crippen LogP contribution < -0.4 is 4.90 Å². The van der Waals surface area contributed by atoms with Gasteiger partial charge in [-0.3, -0.25) is 0 Å². The lowest BCUT2D eigenvalue weighted by Gasteiger charge is -2.27. The van der Waals surface area contributed by atoms with Crippen molar-refractivity contribution in [3.63, 3.8) is 0 Å². The highest BCUT2D eigenvalue weighted by atomic mass is 15.5. The molecule has 2 heterocycles. The average molecular weight is 286 g/mol. The van der Waals surface area contributed by atoms with Crippen molar-refractivity contribution in [2.45, 2.75) is 39.3 Å². The number of tetrazole rings is 1. The first-order chi connectivity index (χ1) is 10.3. The minimum absolute atomic E-state index is 0.822. The summed E-state index contributed by atoms with van der Waals surface area (Å²) in [6.45, 7) is 6.64. The maximum atomic E-state index is 4.23. The van der Waals surface area contributed by atoms with E-state index in [9.17, 15) is 0 Å². The Morgan fingerprint density at radius 2 is 2.14 bits per heavy atom. The van der Waals surface area contributed by atoms with Gasteiger partial charge in [0.25, 0.3) is 0 Å². The number of benzene rings is 1. The van der Waals surface area contributed by atoms with E-state index in [-0.39, 0.29) is 0 Å². The number of hydrogen-bond donors (Lipinski definition) is 1. The van der Waals surface area contributed by atoms with E-state index in [2.05, 4.69) is 46.7 Å². The Morgan fingerprint density at radius 1 is 1.29 bits per heavy atom. The molecule has 1 unspecified atom stereocenters. The molecule has 1 saturated heterocycles. The number of likely N-dealkylation sites (tertiary alicyclic amines) is 1. The van der Waals surface area contributed by atoms with E-state index >= 15 is 0 Å². The average Bonchev–Trinajstić information content (AvgIpc) is 2.93. The zero-order chi connectivity index (χ0) is 14.5. The number of hydrogen-bond acceptors (Lipinski definition) is 3. The van der Waals surface area contributed by atoms with Crippen LogP contribution in [0.5, 0.6) is 0 Å². The van der Waals surface area contributed by atoms with E-state index < -0.39 is 0 Å². The van der Waals surface area contributed by atoms with Crippen LogP contribution in [0, 0.1) is 5.92 Å². The fourth-order valence-corrected chi connectivity index (χ4v) is 3.18.